The van der Waals surface area contributed by atoms with Gasteiger partial charge in [0.1, 0.15) is 0 Å². The van der Waals surface area contributed by atoms with Crippen molar-refractivity contribution in [3.8, 4) is 0 Å². The van der Waals surface area contributed by atoms with E-state index in [1.165, 1.54) is 6.26 Å². The van der Waals surface area contributed by atoms with Gasteiger partial charge >= 0.3 is 0 Å². The first-order valence-corrected chi connectivity index (χ1v) is 15.2. The van der Waals surface area contributed by atoms with E-state index in [4.69, 9.17) is 0 Å². The normalized spacial score (nSPS) is 12.0. The monoisotopic (exact) mass is 478 g/mol. The zero-order chi connectivity index (χ0) is 21.6. The molecule has 0 saturated heterocycles. The lowest BCUT2D eigenvalue weighted by Gasteiger charge is -2.07. The van der Waals surface area contributed by atoms with Crippen LogP contribution in [0.4, 0.5) is 0 Å². The Hall–Kier alpha value is -1.74. The van der Waals surface area contributed by atoms with Crippen molar-refractivity contribution in [2.75, 3.05) is 6.26 Å². The lowest BCUT2D eigenvalue weighted by Crippen LogP contribution is -2.07. The van der Waals surface area contributed by atoms with Gasteiger partial charge in [-0.2, -0.15) is 0 Å². The molecule has 0 aromatic heterocycles. The Kier molecular flexibility index (Phi) is 7.68. The van der Waals surface area contributed by atoms with E-state index in [-0.39, 0.29) is 11.5 Å². The molecule has 3 aromatic rings. The Labute approximate surface area is 186 Å². The minimum absolute atomic E-state index is 0.00785. The zero-order valence-corrected chi connectivity index (χ0v) is 19.7. The molecule has 0 saturated carbocycles. The molecule has 3 aromatic carbocycles. The van der Waals surface area contributed by atoms with Crippen LogP contribution in [0.5, 0.6) is 0 Å². The van der Waals surface area contributed by atoms with E-state index in [1.807, 2.05) is 66.7 Å². The minimum Gasteiger partial charge on any atom is -0.228 e. The van der Waals surface area contributed by atoms with Crippen molar-refractivity contribution in [3.63, 3.8) is 0 Å². The molecule has 8 heteroatoms. The van der Waals surface area contributed by atoms with Crippen LogP contribution in [0, 0.1) is 0 Å². The summed E-state index contributed by atoms with van der Waals surface area (Å²) in [5.41, 5.74) is 2.59. The molecule has 0 N–H and O–H groups in total. The fourth-order valence-electron chi connectivity index (χ4n) is 2.82. The summed E-state index contributed by atoms with van der Waals surface area (Å²) in [6.45, 7) is 0. The van der Waals surface area contributed by atoms with Gasteiger partial charge in [-0.15, -0.1) is 0 Å². The van der Waals surface area contributed by atoms with Crippen LogP contribution in [0.2, 0.25) is 0 Å². The number of rotatable bonds is 9. The van der Waals surface area contributed by atoms with E-state index < -0.39 is 19.7 Å². The van der Waals surface area contributed by atoms with Gasteiger partial charge in [0.15, 0.2) is 19.7 Å². The fourth-order valence-corrected chi connectivity index (χ4v) is 7.10. The van der Waals surface area contributed by atoms with Crippen LogP contribution in [0.3, 0.4) is 0 Å². The highest BCUT2D eigenvalue weighted by Crippen LogP contribution is 2.34. The molecule has 0 aliphatic carbocycles. The van der Waals surface area contributed by atoms with Crippen LogP contribution in [-0.4, -0.2) is 23.1 Å². The second-order valence-corrected chi connectivity index (χ2v) is 13.4. The number of hydrogen-bond donors (Lipinski definition) is 0. The number of hydrogen-bond acceptors (Lipinski definition) is 6. The molecule has 0 aliphatic rings. The van der Waals surface area contributed by atoms with Crippen molar-refractivity contribution in [1.82, 2.24) is 0 Å². The molecule has 0 fully saturated rings. The Morgan fingerprint density at radius 3 is 2.00 bits per heavy atom. The van der Waals surface area contributed by atoms with E-state index in [1.54, 1.807) is 33.7 Å². The lowest BCUT2D eigenvalue weighted by atomic mass is 10.2. The molecule has 0 atom stereocenters. The third-order valence-corrected chi connectivity index (χ3v) is 9.22. The first kappa shape index (κ1) is 22.9. The summed E-state index contributed by atoms with van der Waals surface area (Å²) in [6, 6.07) is 23.6. The number of sulfone groups is 2. The molecule has 158 valence electrons. The Balaban J connectivity index is 1.56. The van der Waals surface area contributed by atoms with Gasteiger partial charge < -0.3 is 0 Å². The maximum Gasteiger partial charge on any atom is 0.175 e. The van der Waals surface area contributed by atoms with Crippen LogP contribution in [0.1, 0.15) is 16.7 Å². The predicted molar refractivity (Wildman–Crippen MR) is 126 cm³/mol. The maximum atomic E-state index is 12.5. The molecule has 0 heterocycles. The predicted octanol–water partition coefficient (Wildman–Crippen LogP) is 5.15. The first-order chi connectivity index (χ1) is 14.2. The van der Waals surface area contributed by atoms with Crippen molar-refractivity contribution < 1.29 is 16.8 Å². The molecule has 0 spiro atoms. The van der Waals surface area contributed by atoms with Crippen LogP contribution in [0.15, 0.2) is 88.7 Å². The molecular formula is C22H22O4S4. The Bertz CT molecular complexity index is 1190. The molecule has 0 radical (unpaired) electrons. The van der Waals surface area contributed by atoms with Gasteiger partial charge in [-0.05, 0) is 41.0 Å². The van der Waals surface area contributed by atoms with E-state index in [2.05, 4.69) is 0 Å². The third-order valence-electron chi connectivity index (χ3n) is 4.25. The van der Waals surface area contributed by atoms with Crippen molar-refractivity contribution in [1.29, 1.82) is 0 Å². The van der Waals surface area contributed by atoms with Gasteiger partial charge in [0.05, 0.1) is 16.4 Å². The summed E-state index contributed by atoms with van der Waals surface area (Å²) in [6.07, 6.45) is 1.19. The summed E-state index contributed by atoms with van der Waals surface area (Å²) in [5.74, 6) is 0.753. The Morgan fingerprint density at radius 2 is 1.33 bits per heavy atom. The minimum atomic E-state index is -3.25. The van der Waals surface area contributed by atoms with E-state index in [0.717, 1.165) is 21.6 Å². The van der Waals surface area contributed by atoms with Crippen molar-refractivity contribution in [3.05, 3.63) is 95.6 Å². The molecule has 3 rings (SSSR count). The van der Waals surface area contributed by atoms with E-state index >= 15 is 0 Å². The van der Waals surface area contributed by atoms with Gasteiger partial charge in [0.25, 0.3) is 0 Å². The van der Waals surface area contributed by atoms with Crippen LogP contribution >= 0.6 is 21.6 Å². The highest BCUT2D eigenvalue weighted by molar-refractivity contribution is 8.76. The van der Waals surface area contributed by atoms with Gasteiger partial charge in [0.2, 0.25) is 0 Å². The van der Waals surface area contributed by atoms with Crippen molar-refractivity contribution in [2.24, 2.45) is 0 Å². The average Bonchev–Trinajstić information content (AvgIpc) is 2.68. The largest absolute Gasteiger partial charge is 0.228 e. The highest BCUT2D eigenvalue weighted by Gasteiger charge is 2.13. The maximum absolute atomic E-state index is 12.5. The van der Waals surface area contributed by atoms with Gasteiger partial charge in [-0.3, -0.25) is 0 Å². The van der Waals surface area contributed by atoms with Crippen molar-refractivity contribution >= 4 is 41.3 Å². The molecule has 0 amide bonds. The summed E-state index contributed by atoms with van der Waals surface area (Å²) in [7, 11) is -3.24. The van der Waals surface area contributed by atoms with E-state index in [9.17, 15) is 16.8 Å². The zero-order valence-electron chi connectivity index (χ0n) is 16.4. The second kappa shape index (κ2) is 10.0. The summed E-state index contributed by atoms with van der Waals surface area (Å²) in [4.78, 5) is 1.30. The van der Waals surface area contributed by atoms with Gasteiger partial charge in [-0.1, -0.05) is 76.2 Å². The first-order valence-electron chi connectivity index (χ1n) is 9.13. The van der Waals surface area contributed by atoms with Crippen LogP contribution in [0.25, 0.3) is 0 Å². The molecule has 0 unspecified atom stereocenters. The molecular weight excluding hydrogens is 457 g/mol. The summed E-state index contributed by atoms with van der Waals surface area (Å²) in [5, 5.41) is 0. The Morgan fingerprint density at radius 1 is 0.700 bits per heavy atom. The smallest absolute Gasteiger partial charge is 0.175 e. The van der Waals surface area contributed by atoms with Crippen molar-refractivity contribution in [2.45, 2.75) is 27.0 Å². The SMILES string of the molecule is CS(=O)(=O)c1ccc(CSSc2cccc(CS(=O)(=O)Cc3ccccc3)c2)cc1. The van der Waals surface area contributed by atoms with E-state index in [0.29, 0.717) is 10.6 Å². The average molecular weight is 479 g/mol. The quantitative estimate of drug-likeness (QED) is 0.397. The van der Waals surface area contributed by atoms with Crippen LogP contribution < -0.4 is 0 Å². The molecule has 0 aliphatic heterocycles. The third kappa shape index (κ3) is 7.19. The molecule has 0 bridgehead atoms. The molecule has 4 nitrogen and oxygen atoms in total. The summed E-state index contributed by atoms with van der Waals surface area (Å²) < 4.78 is 48.1. The molecule has 30 heavy (non-hydrogen) atoms. The van der Waals surface area contributed by atoms with Gasteiger partial charge in [0, 0.05) is 16.9 Å². The topological polar surface area (TPSA) is 68.3 Å². The fraction of sp³-hybridized carbons (Fsp3) is 0.182. The highest BCUT2D eigenvalue weighted by atomic mass is 33.1. The van der Waals surface area contributed by atoms with Crippen LogP contribution in [-0.2, 0) is 36.9 Å². The lowest BCUT2D eigenvalue weighted by molar-refractivity contribution is 0.594. The number of benzene rings is 3. The summed E-state index contributed by atoms with van der Waals surface area (Å²) >= 11 is 0. The van der Waals surface area contributed by atoms with Gasteiger partial charge in [-0.25, -0.2) is 16.8 Å². The second-order valence-electron chi connectivity index (χ2n) is 6.93. The standard InChI is InChI=1S/C22H22O4S4/c1-29(23,24)22-12-10-18(11-13-22)15-27-28-21-9-5-8-20(14-21)17-30(25,26)16-19-6-3-2-4-7-19/h2-14H,15-17H2,1H3.